The Balaban J connectivity index is 1.52. The van der Waals surface area contributed by atoms with Crippen molar-refractivity contribution in [3.63, 3.8) is 0 Å². The number of hydrogen-bond acceptors (Lipinski definition) is 6. The van der Waals surface area contributed by atoms with Gasteiger partial charge in [0.2, 0.25) is 0 Å². The molecule has 0 atom stereocenters. The average Bonchev–Trinajstić information content (AvgIpc) is 2.92. The van der Waals surface area contributed by atoms with Crippen LogP contribution in [0.5, 0.6) is 0 Å². The molecule has 0 saturated carbocycles. The lowest BCUT2D eigenvalue weighted by Crippen LogP contribution is -2.35. The number of imide groups is 1. The molecule has 29 heavy (non-hydrogen) atoms. The van der Waals surface area contributed by atoms with E-state index in [0.717, 1.165) is 16.5 Å². The number of benzene rings is 2. The summed E-state index contributed by atoms with van der Waals surface area (Å²) in [4.78, 5) is 48.0. The third-order valence-electron chi connectivity index (χ3n) is 4.47. The summed E-state index contributed by atoms with van der Waals surface area (Å²) in [5, 5.41) is 16.1. The van der Waals surface area contributed by atoms with Gasteiger partial charge in [0, 0.05) is 25.2 Å². The number of carbonyl (C=O) groups excluding carboxylic acids is 3. The maximum Gasteiger partial charge on any atom is 0.319 e. The molecule has 10 heteroatoms. The molecule has 1 aliphatic heterocycles. The fourth-order valence-corrected chi connectivity index (χ4v) is 2.98. The fourth-order valence-electron chi connectivity index (χ4n) is 2.98. The van der Waals surface area contributed by atoms with Crippen LogP contribution in [0.2, 0.25) is 0 Å². The molecule has 10 nitrogen and oxygen atoms in total. The first-order valence-electron chi connectivity index (χ1n) is 8.83. The van der Waals surface area contributed by atoms with Gasteiger partial charge in [-0.05, 0) is 37.1 Å². The second-order valence-corrected chi connectivity index (χ2v) is 6.57. The summed E-state index contributed by atoms with van der Waals surface area (Å²) in [6, 6.07) is 8.38. The average molecular weight is 397 g/mol. The zero-order chi connectivity index (χ0) is 21.1. The van der Waals surface area contributed by atoms with Gasteiger partial charge in [-0.15, -0.1) is 0 Å². The summed E-state index contributed by atoms with van der Waals surface area (Å²) in [5.41, 5.74) is 7.59. The number of rotatable bonds is 6. The minimum atomic E-state index is -0.621. The lowest BCUT2D eigenvalue weighted by atomic mass is 10.1. The molecular weight excluding hydrogens is 378 g/mol. The summed E-state index contributed by atoms with van der Waals surface area (Å²) >= 11 is 0. The third kappa shape index (κ3) is 4.15. The molecule has 0 spiro atoms. The number of nitrogens with one attached hydrogen (secondary N) is 2. The first-order valence-corrected chi connectivity index (χ1v) is 8.83. The molecule has 0 fully saturated rings. The highest BCUT2D eigenvalue weighted by molar-refractivity contribution is 6.21. The van der Waals surface area contributed by atoms with Crippen LogP contribution in [-0.4, -0.2) is 40.8 Å². The van der Waals surface area contributed by atoms with E-state index in [9.17, 15) is 24.5 Å². The van der Waals surface area contributed by atoms with Gasteiger partial charge >= 0.3 is 6.03 Å². The van der Waals surface area contributed by atoms with Gasteiger partial charge in [0.25, 0.3) is 17.5 Å². The SMILES string of the molecule is Cc1ccc(N)c(NC(=O)NCCCN2C(=O)c3ccc([N+](=O)[O-])cc3C2=O)c1. The summed E-state index contributed by atoms with van der Waals surface area (Å²) in [5.74, 6) is -1.08. The Kier molecular flexibility index (Phi) is 5.44. The largest absolute Gasteiger partial charge is 0.397 e. The molecule has 0 saturated heterocycles. The topological polar surface area (TPSA) is 148 Å². The smallest absolute Gasteiger partial charge is 0.319 e. The highest BCUT2D eigenvalue weighted by Crippen LogP contribution is 2.26. The predicted molar refractivity (Wildman–Crippen MR) is 106 cm³/mol. The second kappa shape index (κ2) is 7.97. The van der Waals surface area contributed by atoms with Crippen molar-refractivity contribution < 1.29 is 19.3 Å². The van der Waals surface area contributed by atoms with Gasteiger partial charge in [0.1, 0.15) is 0 Å². The highest BCUT2D eigenvalue weighted by atomic mass is 16.6. The molecule has 0 aliphatic carbocycles. The molecule has 2 aromatic rings. The van der Waals surface area contributed by atoms with E-state index in [1.54, 1.807) is 12.1 Å². The molecular formula is C19H19N5O5. The number of nitrogens with zero attached hydrogens (tertiary/aromatic N) is 2. The fraction of sp³-hybridized carbons (Fsp3) is 0.211. The van der Waals surface area contributed by atoms with Crippen LogP contribution < -0.4 is 16.4 Å². The lowest BCUT2D eigenvalue weighted by Gasteiger charge is -2.14. The molecule has 4 N–H and O–H groups in total. The summed E-state index contributed by atoms with van der Waals surface area (Å²) in [6.45, 7) is 2.16. The summed E-state index contributed by atoms with van der Waals surface area (Å²) in [6.07, 6.45) is 0.324. The van der Waals surface area contributed by atoms with Crippen LogP contribution in [0.15, 0.2) is 36.4 Å². The van der Waals surface area contributed by atoms with Crippen LogP contribution in [0.1, 0.15) is 32.7 Å². The Hall–Kier alpha value is -3.95. The first kappa shape index (κ1) is 19.8. The molecule has 0 unspecified atom stereocenters. The van der Waals surface area contributed by atoms with Gasteiger partial charge in [-0.3, -0.25) is 24.6 Å². The Morgan fingerprint density at radius 3 is 2.59 bits per heavy atom. The Morgan fingerprint density at radius 2 is 1.86 bits per heavy atom. The number of hydrogen-bond donors (Lipinski definition) is 3. The molecule has 0 radical (unpaired) electrons. The second-order valence-electron chi connectivity index (χ2n) is 6.57. The van der Waals surface area contributed by atoms with E-state index in [1.807, 2.05) is 13.0 Å². The van der Waals surface area contributed by atoms with Crippen molar-refractivity contribution in [1.82, 2.24) is 10.2 Å². The van der Waals surface area contributed by atoms with Crippen LogP contribution in [0, 0.1) is 17.0 Å². The standard InChI is InChI=1S/C19H19N5O5/c1-11-3-6-15(20)16(9-11)22-19(27)21-7-2-8-23-17(25)13-5-4-12(24(28)29)10-14(13)18(23)26/h3-6,9-10H,2,7-8,20H2,1H3,(H2,21,22,27). The Labute approximate surface area is 165 Å². The van der Waals surface area contributed by atoms with E-state index in [4.69, 9.17) is 5.73 Å². The molecule has 150 valence electrons. The van der Waals surface area contributed by atoms with E-state index < -0.39 is 22.8 Å². The van der Waals surface area contributed by atoms with E-state index in [0.29, 0.717) is 17.8 Å². The van der Waals surface area contributed by atoms with Crippen LogP contribution in [0.4, 0.5) is 21.9 Å². The minimum absolute atomic E-state index is 0.0184. The van der Waals surface area contributed by atoms with Crippen molar-refractivity contribution in [3.05, 3.63) is 63.2 Å². The zero-order valence-corrected chi connectivity index (χ0v) is 15.6. The van der Waals surface area contributed by atoms with Crippen molar-refractivity contribution in [3.8, 4) is 0 Å². The van der Waals surface area contributed by atoms with Gasteiger partial charge in [-0.25, -0.2) is 4.79 Å². The lowest BCUT2D eigenvalue weighted by molar-refractivity contribution is -0.384. The number of aryl methyl sites for hydroxylation is 1. The zero-order valence-electron chi connectivity index (χ0n) is 15.6. The minimum Gasteiger partial charge on any atom is -0.397 e. The third-order valence-corrected chi connectivity index (χ3v) is 4.47. The molecule has 0 bridgehead atoms. The molecule has 4 amide bonds. The number of non-ortho nitro benzene ring substituents is 1. The van der Waals surface area contributed by atoms with Crippen molar-refractivity contribution in [2.24, 2.45) is 0 Å². The number of carbonyl (C=O) groups is 3. The van der Waals surface area contributed by atoms with Crippen molar-refractivity contribution in [2.75, 3.05) is 24.1 Å². The maximum atomic E-state index is 12.4. The summed E-state index contributed by atoms with van der Waals surface area (Å²) < 4.78 is 0. The normalized spacial score (nSPS) is 12.7. The van der Waals surface area contributed by atoms with Crippen LogP contribution >= 0.6 is 0 Å². The van der Waals surface area contributed by atoms with E-state index in [2.05, 4.69) is 10.6 Å². The van der Waals surface area contributed by atoms with Crippen molar-refractivity contribution in [1.29, 1.82) is 0 Å². The molecule has 2 aromatic carbocycles. The predicted octanol–water partition coefficient (Wildman–Crippen LogP) is 2.29. The number of nitro groups is 1. The van der Waals surface area contributed by atoms with Gasteiger partial charge in [-0.2, -0.15) is 0 Å². The Morgan fingerprint density at radius 1 is 1.14 bits per heavy atom. The van der Waals surface area contributed by atoms with Crippen molar-refractivity contribution in [2.45, 2.75) is 13.3 Å². The molecule has 3 rings (SSSR count). The van der Waals surface area contributed by atoms with Gasteiger partial charge in [0.05, 0.1) is 27.4 Å². The highest BCUT2D eigenvalue weighted by Gasteiger charge is 2.36. The van der Waals surface area contributed by atoms with Crippen LogP contribution in [0.3, 0.4) is 0 Å². The quantitative estimate of drug-likeness (QED) is 0.224. The summed E-state index contributed by atoms with van der Waals surface area (Å²) in [7, 11) is 0. The van der Waals surface area contributed by atoms with Crippen LogP contribution in [0.25, 0.3) is 0 Å². The number of fused-ring (bicyclic) bond motifs is 1. The maximum absolute atomic E-state index is 12.4. The van der Waals surface area contributed by atoms with E-state index >= 15 is 0 Å². The number of nitrogens with two attached hydrogens (primary N) is 1. The number of urea groups is 1. The number of nitrogen functional groups attached to an aromatic ring is 1. The van der Waals surface area contributed by atoms with Gasteiger partial charge < -0.3 is 16.4 Å². The molecule has 0 aromatic heterocycles. The van der Waals surface area contributed by atoms with Crippen LogP contribution in [-0.2, 0) is 0 Å². The monoisotopic (exact) mass is 397 g/mol. The molecule has 1 aliphatic rings. The number of anilines is 2. The van der Waals surface area contributed by atoms with Gasteiger partial charge in [0.15, 0.2) is 0 Å². The van der Waals surface area contributed by atoms with Crippen molar-refractivity contribution >= 4 is 34.9 Å². The number of nitro benzene ring substituents is 1. The van der Waals surface area contributed by atoms with E-state index in [1.165, 1.54) is 12.1 Å². The van der Waals surface area contributed by atoms with Gasteiger partial charge in [-0.1, -0.05) is 6.07 Å². The Bertz CT molecular complexity index is 1020. The molecule has 1 heterocycles. The van der Waals surface area contributed by atoms with E-state index in [-0.39, 0.29) is 29.9 Å². The first-order chi connectivity index (χ1) is 13.8. The number of amides is 4.